The van der Waals surface area contributed by atoms with Crippen molar-refractivity contribution in [2.24, 2.45) is 0 Å². The molecule has 0 N–H and O–H groups in total. The zero-order chi connectivity index (χ0) is 13.8. The number of nitrogens with zero attached hydrogens (tertiary/aromatic N) is 3. The molecule has 5 nitrogen and oxygen atoms in total. The number of benzene rings is 1. The number of para-hydroxylation sites is 1. The first-order chi connectivity index (χ1) is 9.86. The van der Waals surface area contributed by atoms with Crippen LogP contribution >= 0.6 is 0 Å². The molecule has 106 valence electrons. The lowest BCUT2D eigenvalue weighted by atomic mass is 10.1. The third-order valence-electron chi connectivity index (χ3n) is 3.61. The van der Waals surface area contributed by atoms with E-state index in [-0.39, 0.29) is 0 Å². The van der Waals surface area contributed by atoms with Gasteiger partial charge in [0.1, 0.15) is 5.75 Å². The largest absolute Gasteiger partial charge is 0.496 e. The van der Waals surface area contributed by atoms with Gasteiger partial charge in [-0.1, -0.05) is 18.6 Å². The van der Waals surface area contributed by atoms with E-state index in [0.717, 1.165) is 30.9 Å². The molecule has 5 heteroatoms. The normalized spacial score (nSPS) is 16.2. The molecular weight excluding hydrogens is 254 g/mol. The number of ether oxygens (including phenoxy) is 1. The average Bonchev–Trinajstić information content (AvgIpc) is 2.96. The molecule has 0 amide bonds. The molecule has 0 spiro atoms. The Morgan fingerprint density at radius 2 is 1.95 bits per heavy atom. The lowest BCUT2D eigenvalue weighted by molar-refractivity contribution is 0.202. The summed E-state index contributed by atoms with van der Waals surface area (Å²) in [7, 11) is 1.64. The van der Waals surface area contributed by atoms with Crippen LogP contribution < -0.4 is 4.74 Å². The minimum Gasteiger partial charge on any atom is -0.496 e. The van der Waals surface area contributed by atoms with Crippen LogP contribution in [0.15, 0.2) is 28.7 Å². The van der Waals surface area contributed by atoms with Crippen LogP contribution in [-0.4, -0.2) is 35.3 Å². The van der Waals surface area contributed by atoms with E-state index in [2.05, 4.69) is 15.1 Å². The van der Waals surface area contributed by atoms with E-state index in [1.165, 1.54) is 19.3 Å². The molecule has 2 heterocycles. The van der Waals surface area contributed by atoms with Gasteiger partial charge >= 0.3 is 0 Å². The molecule has 1 aromatic heterocycles. The van der Waals surface area contributed by atoms with Crippen LogP contribution in [0, 0.1) is 0 Å². The quantitative estimate of drug-likeness (QED) is 0.857. The average molecular weight is 273 g/mol. The first-order valence-corrected chi connectivity index (χ1v) is 7.05. The minimum absolute atomic E-state index is 0.523. The maximum absolute atomic E-state index is 5.77. The molecule has 0 saturated carbocycles. The van der Waals surface area contributed by atoms with Crippen molar-refractivity contribution in [3.63, 3.8) is 0 Å². The molecule has 0 aliphatic carbocycles. The van der Waals surface area contributed by atoms with Crippen LogP contribution in [0.5, 0.6) is 5.75 Å². The Bertz CT molecular complexity index is 562. The third-order valence-corrected chi connectivity index (χ3v) is 3.61. The van der Waals surface area contributed by atoms with Crippen molar-refractivity contribution >= 4 is 0 Å². The molecule has 1 saturated heterocycles. The summed E-state index contributed by atoms with van der Waals surface area (Å²) in [6.45, 7) is 2.97. The van der Waals surface area contributed by atoms with E-state index in [0.29, 0.717) is 11.8 Å². The van der Waals surface area contributed by atoms with Crippen molar-refractivity contribution in [2.45, 2.75) is 25.8 Å². The van der Waals surface area contributed by atoms with Crippen molar-refractivity contribution in [1.82, 2.24) is 15.1 Å². The van der Waals surface area contributed by atoms with Gasteiger partial charge < -0.3 is 9.15 Å². The molecule has 0 unspecified atom stereocenters. The second-order valence-electron chi connectivity index (χ2n) is 5.04. The highest BCUT2D eigenvalue weighted by atomic mass is 16.5. The van der Waals surface area contributed by atoms with Gasteiger partial charge in [-0.05, 0) is 38.1 Å². The van der Waals surface area contributed by atoms with E-state index in [4.69, 9.17) is 9.15 Å². The standard InChI is InChI=1S/C15H19N3O2/c1-19-13-8-4-3-7-12(13)15-17-16-14(20-15)11-18-9-5-2-6-10-18/h3-4,7-8H,2,5-6,9-11H2,1H3. The Balaban J connectivity index is 1.75. The first-order valence-electron chi connectivity index (χ1n) is 7.05. The second-order valence-corrected chi connectivity index (χ2v) is 5.04. The molecule has 1 aromatic carbocycles. The van der Waals surface area contributed by atoms with Crippen LogP contribution in [0.3, 0.4) is 0 Å². The van der Waals surface area contributed by atoms with Crippen molar-refractivity contribution in [3.8, 4) is 17.2 Å². The zero-order valence-corrected chi connectivity index (χ0v) is 11.7. The zero-order valence-electron chi connectivity index (χ0n) is 11.7. The smallest absolute Gasteiger partial charge is 0.251 e. The summed E-state index contributed by atoms with van der Waals surface area (Å²) in [5.74, 6) is 1.95. The van der Waals surface area contributed by atoms with Crippen LogP contribution in [-0.2, 0) is 6.54 Å². The molecule has 1 aliphatic rings. The fourth-order valence-electron chi connectivity index (χ4n) is 2.56. The highest BCUT2D eigenvalue weighted by Crippen LogP contribution is 2.28. The maximum Gasteiger partial charge on any atom is 0.251 e. The SMILES string of the molecule is COc1ccccc1-c1nnc(CN2CCCCC2)o1. The first kappa shape index (κ1) is 13.1. The van der Waals surface area contributed by atoms with E-state index in [1.807, 2.05) is 24.3 Å². The number of likely N-dealkylation sites (tertiary alicyclic amines) is 1. The lowest BCUT2D eigenvalue weighted by Gasteiger charge is -2.24. The van der Waals surface area contributed by atoms with Crippen molar-refractivity contribution in [2.75, 3.05) is 20.2 Å². The molecule has 0 bridgehead atoms. The number of aromatic nitrogens is 2. The summed E-state index contributed by atoms with van der Waals surface area (Å²) in [4.78, 5) is 2.36. The number of methoxy groups -OCH3 is 1. The Morgan fingerprint density at radius 1 is 1.15 bits per heavy atom. The molecule has 3 rings (SSSR count). The van der Waals surface area contributed by atoms with E-state index >= 15 is 0 Å². The summed E-state index contributed by atoms with van der Waals surface area (Å²) in [5.41, 5.74) is 0.840. The summed E-state index contributed by atoms with van der Waals surface area (Å²) in [5, 5.41) is 8.29. The van der Waals surface area contributed by atoms with Crippen molar-refractivity contribution in [1.29, 1.82) is 0 Å². The van der Waals surface area contributed by atoms with Gasteiger partial charge in [0.15, 0.2) is 0 Å². The summed E-state index contributed by atoms with van der Waals surface area (Å²) in [6, 6.07) is 7.68. The number of hydrogen-bond donors (Lipinski definition) is 0. The molecule has 0 radical (unpaired) electrons. The van der Waals surface area contributed by atoms with Gasteiger partial charge in [0, 0.05) is 0 Å². The van der Waals surface area contributed by atoms with Crippen LogP contribution in [0.4, 0.5) is 0 Å². The predicted octanol–water partition coefficient (Wildman–Crippen LogP) is 2.73. The molecule has 20 heavy (non-hydrogen) atoms. The van der Waals surface area contributed by atoms with Crippen LogP contribution in [0.2, 0.25) is 0 Å². The number of rotatable bonds is 4. The number of hydrogen-bond acceptors (Lipinski definition) is 5. The summed E-state index contributed by atoms with van der Waals surface area (Å²) >= 11 is 0. The van der Waals surface area contributed by atoms with Gasteiger partial charge in [-0.3, -0.25) is 4.90 Å². The van der Waals surface area contributed by atoms with Crippen molar-refractivity contribution < 1.29 is 9.15 Å². The van der Waals surface area contributed by atoms with Gasteiger partial charge in [-0.25, -0.2) is 0 Å². The maximum atomic E-state index is 5.77. The fourth-order valence-corrected chi connectivity index (χ4v) is 2.56. The molecule has 0 atom stereocenters. The second kappa shape index (κ2) is 6.05. The Labute approximate surface area is 118 Å². The van der Waals surface area contributed by atoms with Gasteiger partial charge in [-0.2, -0.15) is 0 Å². The van der Waals surface area contributed by atoms with Gasteiger partial charge in [0.05, 0.1) is 19.2 Å². The Morgan fingerprint density at radius 3 is 2.75 bits per heavy atom. The predicted molar refractivity (Wildman–Crippen MR) is 75.4 cm³/mol. The highest BCUT2D eigenvalue weighted by molar-refractivity contribution is 5.62. The Hall–Kier alpha value is -1.88. The minimum atomic E-state index is 0.523. The van der Waals surface area contributed by atoms with Crippen LogP contribution in [0.1, 0.15) is 25.2 Å². The van der Waals surface area contributed by atoms with Gasteiger partial charge in [0.25, 0.3) is 5.89 Å². The van der Waals surface area contributed by atoms with E-state index in [1.54, 1.807) is 7.11 Å². The molecule has 1 aliphatic heterocycles. The lowest BCUT2D eigenvalue weighted by Crippen LogP contribution is -2.29. The molecule has 1 fully saturated rings. The Kier molecular flexibility index (Phi) is 3.97. The van der Waals surface area contributed by atoms with E-state index in [9.17, 15) is 0 Å². The summed E-state index contributed by atoms with van der Waals surface area (Å²) in [6.07, 6.45) is 3.84. The molecule has 2 aromatic rings. The number of piperidine rings is 1. The fraction of sp³-hybridized carbons (Fsp3) is 0.467. The molecular formula is C15H19N3O2. The van der Waals surface area contributed by atoms with Crippen LogP contribution in [0.25, 0.3) is 11.5 Å². The summed E-state index contributed by atoms with van der Waals surface area (Å²) < 4.78 is 11.1. The highest BCUT2D eigenvalue weighted by Gasteiger charge is 2.16. The van der Waals surface area contributed by atoms with Gasteiger partial charge in [0.2, 0.25) is 5.89 Å². The monoisotopic (exact) mass is 273 g/mol. The third kappa shape index (κ3) is 2.82. The topological polar surface area (TPSA) is 51.4 Å². The van der Waals surface area contributed by atoms with E-state index < -0.39 is 0 Å². The van der Waals surface area contributed by atoms with Crippen molar-refractivity contribution in [3.05, 3.63) is 30.2 Å². The van der Waals surface area contributed by atoms with Gasteiger partial charge in [-0.15, -0.1) is 10.2 Å².